The number of aromatic carboxylic acids is 1. The molecule has 1 aromatic heterocycles. The molecular weight excluding hydrogens is 234 g/mol. The van der Waals surface area contributed by atoms with Crippen LogP contribution >= 0.6 is 0 Å². The molecule has 18 heavy (non-hydrogen) atoms. The molecule has 2 heterocycles. The summed E-state index contributed by atoms with van der Waals surface area (Å²) in [5.74, 6) is -1.25. The molecule has 0 aromatic carbocycles. The molecule has 0 atom stereocenters. The summed E-state index contributed by atoms with van der Waals surface area (Å²) in [4.78, 5) is 29.0. The maximum absolute atomic E-state index is 12.1. The molecule has 1 aliphatic heterocycles. The van der Waals surface area contributed by atoms with Crippen molar-refractivity contribution in [2.45, 2.75) is 13.3 Å². The van der Waals surface area contributed by atoms with Crippen LogP contribution in [0.4, 0.5) is 0 Å². The van der Waals surface area contributed by atoms with Gasteiger partial charge >= 0.3 is 5.97 Å². The molecule has 6 heteroatoms. The van der Waals surface area contributed by atoms with E-state index in [1.807, 2.05) is 0 Å². The van der Waals surface area contributed by atoms with Crippen LogP contribution in [0.2, 0.25) is 0 Å². The Labute approximate surface area is 104 Å². The normalized spacial score (nSPS) is 14.6. The number of carboxylic acids is 1. The Morgan fingerprint density at radius 2 is 2.33 bits per heavy atom. The minimum atomic E-state index is -1.06. The van der Waals surface area contributed by atoms with Crippen LogP contribution < -0.4 is 5.73 Å². The van der Waals surface area contributed by atoms with Crippen molar-refractivity contribution in [1.82, 2.24) is 9.88 Å². The highest BCUT2D eigenvalue weighted by Gasteiger charge is 2.26. The van der Waals surface area contributed by atoms with E-state index in [-0.39, 0.29) is 11.5 Å². The lowest BCUT2D eigenvalue weighted by atomic mass is 10.0. The van der Waals surface area contributed by atoms with E-state index in [0.29, 0.717) is 43.0 Å². The average Bonchev–Trinajstić information content (AvgIpc) is 2.32. The van der Waals surface area contributed by atoms with Gasteiger partial charge in [0.25, 0.3) is 5.91 Å². The zero-order chi connectivity index (χ0) is 13.3. The van der Waals surface area contributed by atoms with Crippen LogP contribution in [0.15, 0.2) is 6.07 Å². The van der Waals surface area contributed by atoms with Gasteiger partial charge in [0.1, 0.15) is 0 Å². The van der Waals surface area contributed by atoms with E-state index >= 15 is 0 Å². The van der Waals surface area contributed by atoms with Crippen LogP contribution in [0.25, 0.3) is 0 Å². The molecule has 1 aliphatic rings. The zero-order valence-corrected chi connectivity index (χ0v) is 10.1. The molecule has 96 valence electrons. The number of carboxylic acid groups (broad SMARTS) is 1. The minimum absolute atomic E-state index is 0.0803. The number of fused-ring (bicyclic) bond motifs is 1. The molecule has 6 nitrogen and oxygen atoms in total. The van der Waals surface area contributed by atoms with Crippen molar-refractivity contribution in [1.29, 1.82) is 0 Å². The zero-order valence-electron chi connectivity index (χ0n) is 10.1. The number of rotatable bonds is 3. The lowest BCUT2D eigenvalue weighted by Gasteiger charge is -2.28. The molecule has 0 spiro atoms. The molecule has 0 fully saturated rings. The summed E-state index contributed by atoms with van der Waals surface area (Å²) in [6, 6.07) is 1.42. The maximum atomic E-state index is 12.1. The Morgan fingerprint density at radius 1 is 1.61 bits per heavy atom. The summed E-state index contributed by atoms with van der Waals surface area (Å²) >= 11 is 0. The lowest BCUT2D eigenvalue weighted by molar-refractivity contribution is 0.0695. The van der Waals surface area contributed by atoms with E-state index < -0.39 is 5.97 Å². The Kier molecular flexibility index (Phi) is 3.29. The number of hydrogen-bond donors (Lipinski definition) is 2. The first-order valence-corrected chi connectivity index (χ1v) is 5.77. The van der Waals surface area contributed by atoms with Crippen LogP contribution in [0.3, 0.4) is 0 Å². The first kappa shape index (κ1) is 12.5. The predicted octanol–water partition coefficient (Wildman–Crippen LogP) is 0.0452. The van der Waals surface area contributed by atoms with Gasteiger partial charge in [0.2, 0.25) is 0 Å². The fourth-order valence-electron chi connectivity index (χ4n) is 2.13. The Morgan fingerprint density at radius 3 is 2.94 bits per heavy atom. The third-order valence-corrected chi connectivity index (χ3v) is 3.06. The van der Waals surface area contributed by atoms with Crippen molar-refractivity contribution in [3.05, 3.63) is 28.6 Å². The number of pyridine rings is 1. The van der Waals surface area contributed by atoms with Gasteiger partial charge in [-0.15, -0.1) is 0 Å². The van der Waals surface area contributed by atoms with Crippen molar-refractivity contribution in [2.24, 2.45) is 5.73 Å². The van der Waals surface area contributed by atoms with E-state index in [9.17, 15) is 9.59 Å². The van der Waals surface area contributed by atoms with Crippen molar-refractivity contribution >= 4 is 11.9 Å². The molecule has 0 unspecified atom stereocenters. The third kappa shape index (κ3) is 2.06. The molecule has 1 aromatic rings. The van der Waals surface area contributed by atoms with Crippen molar-refractivity contribution < 1.29 is 14.7 Å². The van der Waals surface area contributed by atoms with E-state index in [2.05, 4.69) is 4.98 Å². The molecule has 0 aliphatic carbocycles. The first-order valence-electron chi connectivity index (χ1n) is 5.77. The highest BCUT2D eigenvalue weighted by molar-refractivity contribution is 5.99. The van der Waals surface area contributed by atoms with Gasteiger partial charge in [0, 0.05) is 26.1 Å². The highest BCUT2D eigenvalue weighted by Crippen LogP contribution is 2.20. The summed E-state index contributed by atoms with van der Waals surface area (Å²) in [7, 11) is 0. The molecule has 1 amide bonds. The second kappa shape index (κ2) is 4.73. The number of carbonyl (C=O) groups is 2. The first-order chi connectivity index (χ1) is 8.54. The predicted molar refractivity (Wildman–Crippen MR) is 64.6 cm³/mol. The molecule has 2 rings (SSSR count). The maximum Gasteiger partial charge on any atom is 0.337 e. The van der Waals surface area contributed by atoms with E-state index in [1.165, 1.54) is 6.07 Å². The topological polar surface area (TPSA) is 96.5 Å². The van der Waals surface area contributed by atoms with Crippen molar-refractivity contribution in [2.75, 3.05) is 19.6 Å². The lowest BCUT2D eigenvalue weighted by Crippen LogP contribution is -2.41. The van der Waals surface area contributed by atoms with E-state index in [4.69, 9.17) is 10.8 Å². The Bertz CT molecular complexity index is 514. The van der Waals surface area contributed by atoms with Gasteiger partial charge in [0.05, 0.1) is 22.5 Å². The average molecular weight is 249 g/mol. The summed E-state index contributed by atoms with van der Waals surface area (Å²) < 4.78 is 0. The summed E-state index contributed by atoms with van der Waals surface area (Å²) in [6.07, 6.45) is 0.641. The largest absolute Gasteiger partial charge is 0.478 e. The minimum Gasteiger partial charge on any atom is -0.478 e. The number of aromatic nitrogens is 1. The SMILES string of the molecule is Cc1nc2c(cc1C(=O)O)C(=O)N(CCN)CC2. The van der Waals surface area contributed by atoms with E-state index in [1.54, 1.807) is 11.8 Å². The van der Waals surface area contributed by atoms with Gasteiger partial charge < -0.3 is 15.7 Å². The number of carbonyl (C=O) groups excluding carboxylic acids is 1. The van der Waals surface area contributed by atoms with Crippen LogP contribution in [0.5, 0.6) is 0 Å². The number of hydrogen-bond acceptors (Lipinski definition) is 4. The fourth-order valence-corrected chi connectivity index (χ4v) is 2.13. The summed E-state index contributed by atoms with van der Waals surface area (Å²) in [6.45, 7) is 3.10. The smallest absolute Gasteiger partial charge is 0.337 e. The van der Waals surface area contributed by atoms with Crippen molar-refractivity contribution in [3.8, 4) is 0 Å². The summed E-state index contributed by atoms with van der Waals surface area (Å²) in [5.41, 5.74) is 7.03. The Hall–Kier alpha value is -1.95. The highest BCUT2D eigenvalue weighted by atomic mass is 16.4. The fraction of sp³-hybridized carbons (Fsp3) is 0.417. The standard InChI is InChI=1S/C12H15N3O3/c1-7-8(12(17)18)6-9-10(14-7)2-4-15(5-3-13)11(9)16/h6H,2-5,13H2,1H3,(H,17,18). The molecule has 3 N–H and O–H groups in total. The number of nitrogens with zero attached hydrogens (tertiary/aromatic N) is 2. The summed E-state index contributed by atoms with van der Waals surface area (Å²) in [5, 5.41) is 9.04. The number of amides is 1. The molecular formula is C12H15N3O3. The van der Waals surface area contributed by atoms with Gasteiger partial charge in [-0.3, -0.25) is 9.78 Å². The second-order valence-electron chi connectivity index (χ2n) is 4.25. The van der Waals surface area contributed by atoms with Gasteiger partial charge in [-0.2, -0.15) is 0 Å². The second-order valence-corrected chi connectivity index (χ2v) is 4.25. The monoisotopic (exact) mass is 249 g/mol. The van der Waals surface area contributed by atoms with Crippen LogP contribution in [-0.4, -0.2) is 46.5 Å². The van der Waals surface area contributed by atoms with Crippen molar-refractivity contribution in [3.63, 3.8) is 0 Å². The van der Waals surface area contributed by atoms with Crippen LogP contribution in [0.1, 0.15) is 32.1 Å². The molecule has 0 bridgehead atoms. The van der Waals surface area contributed by atoms with Gasteiger partial charge in [-0.25, -0.2) is 4.79 Å². The Balaban J connectivity index is 2.44. The molecule has 0 radical (unpaired) electrons. The molecule has 0 saturated carbocycles. The van der Waals surface area contributed by atoms with Crippen LogP contribution in [0, 0.1) is 6.92 Å². The quantitative estimate of drug-likeness (QED) is 0.788. The van der Waals surface area contributed by atoms with Gasteiger partial charge in [-0.05, 0) is 13.0 Å². The van der Waals surface area contributed by atoms with Crippen LogP contribution in [-0.2, 0) is 6.42 Å². The third-order valence-electron chi connectivity index (χ3n) is 3.06. The van der Waals surface area contributed by atoms with E-state index in [0.717, 1.165) is 0 Å². The van der Waals surface area contributed by atoms with Gasteiger partial charge in [-0.1, -0.05) is 0 Å². The number of nitrogens with two attached hydrogens (primary N) is 1. The molecule has 0 saturated heterocycles. The van der Waals surface area contributed by atoms with Gasteiger partial charge in [0.15, 0.2) is 0 Å². The number of aryl methyl sites for hydroxylation is 1.